The van der Waals surface area contributed by atoms with E-state index < -0.39 is 17.7 Å². The van der Waals surface area contributed by atoms with E-state index >= 15 is 0 Å². The summed E-state index contributed by atoms with van der Waals surface area (Å²) in [6, 6.07) is 7.61. The van der Waals surface area contributed by atoms with E-state index in [4.69, 9.17) is 10.00 Å². The molecule has 1 atom stereocenters. The first kappa shape index (κ1) is 14.7. The molecular weight excluding hydrogens is 244 g/mol. The molecule has 1 N–H and O–H groups in total. The van der Waals surface area contributed by atoms with Gasteiger partial charge in [0, 0.05) is 0 Å². The zero-order chi connectivity index (χ0) is 14.5. The summed E-state index contributed by atoms with van der Waals surface area (Å²) in [5.74, 6) is 0. The first-order valence-corrected chi connectivity index (χ1v) is 5.80. The third-order valence-electron chi connectivity index (χ3n) is 2.21. The van der Waals surface area contributed by atoms with Crippen molar-refractivity contribution in [2.45, 2.75) is 32.4 Å². The van der Waals surface area contributed by atoms with Crippen LogP contribution in [0.25, 0.3) is 0 Å². The number of hydrogen-bond acceptors (Lipinski definition) is 4. The molecule has 0 heterocycles. The van der Waals surface area contributed by atoms with E-state index in [-0.39, 0.29) is 0 Å². The number of carbonyl (C=O) groups is 2. The molecule has 0 spiro atoms. The van der Waals surface area contributed by atoms with Crippen molar-refractivity contribution in [3.63, 3.8) is 0 Å². The minimum atomic E-state index is -0.789. The van der Waals surface area contributed by atoms with Crippen molar-refractivity contribution in [2.75, 3.05) is 0 Å². The smallest absolute Gasteiger partial charge is 0.408 e. The predicted molar refractivity (Wildman–Crippen MR) is 69.3 cm³/mol. The standard InChI is InChI=1S/C14H16N2O3/c1-14(2,3)19-13(18)16-12(9-17)11-6-4-10(8-15)5-7-11/h4-7,9,12H,1-3H3,(H,16,18). The highest BCUT2D eigenvalue weighted by Crippen LogP contribution is 2.13. The van der Waals surface area contributed by atoms with Crippen LogP contribution in [-0.4, -0.2) is 18.0 Å². The van der Waals surface area contributed by atoms with Crippen molar-refractivity contribution in [3.05, 3.63) is 35.4 Å². The highest BCUT2D eigenvalue weighted by atomic mass is 16.6. The molecule has 0 aliphatic carbocycles. The number of nitrogens with zero attached hydrogens (tertiary/aromatic N) is 1. The van der Waals surface area contributed by atoms with Crippen LogP contribution >= 0.6 is 0 Å². The average Bonchev–Trinajstić information content (AvgIpc) is 2.34. The van der Waals surface area contributed by atoms with Crippen molar-refractivity contribution in [1.82, 2.24) is 5.32 Å². The number of aldehydes is 1. The van der Waals surface area contributed by atoms with Crippen LogP contribution in [0.2, 0.25) is 0 Å². The fourth-order valence-corrected chi connectivity index (χ4v) is 1.40. The van der Waals surface area contributed by atoms with E-state index in [0.29, 0.717) is 17.4 Å². The third-order valence-corrected chi connectivity index (χ3v) is 2.21. The van der Waals surface area contributed by atoms with Gasteiger partial charge in [-0.25, -0.2) is 4.79 Å². The lowest BCUT2D eigenvalue weighted by Crippen LogP contribution is -2.35. The molecular formula is C14H16N2O3. The van der Waals surface area contributed by atoms with Crippen LogP contribution < -0.4 is 5.32 Å². The Kier molecular flexibility index (Phi) is 4.65. The maximum Gasteiger partial charge on any atom is 0.408 e. The van der Waals surface area contributed by atoms with Gasteiger partial charge >= 0.3 is 6.09 Å². The normalized spacial score (nSPS) is 12.1. The molecule has 0 aromatic heterocycles. The van der Waals surface area contributed by atoms with E-state index in [9.17, 15) is 9.59 Å². The molecule has 1 amide bonds. The van der Waals surface area contributed by atoms with Crippen molar-refractivity contribution in [3.8, 4) is 6.07 Å². The van der Waals surface area contributed by atoms with E-state index in [0.717, 1.165) is 0 Å². The van der Waals surface area contributed by atoms with Crippen LogP contribution in [0.4, 0.5) is 4.79 Å². The van der Waals surface area contributed by atoms with Gasteiger partial charge in [-0.15, -0.1) is 0 Å². The third kappa shape index (κ3) is 4.80. The Hall–Kier alpha value is -2.35. The Morgan fingerprint density at radius 3 is 2.37 bits per heavy atom. The lowest BCUT2D eigenvalue weighted by Gasteiger charge is -2.21. The summed E-state index contributed by atoms with van der Waals surface area (Å²) in [6.45, 7) is 5.22. The molecule has 100 valence electrons. The molecule has 0 aliphatic rings. The van der Waals surface area contributed by atoms with Crippen LogP contribution in [0.15, 0.2) is 24.3 Å². The number of rotatable bonds is 3. The molecule has 19 heavy (non-hydrogen) atoms. The minimum Gasteiger partial charge on any atom is -0.444 e. The Bertz CT molecular complexity index is 495. The topological polar surface area (TPSA) is 79.2 Å². The van der Waals surface area contributed by atoms with Gasteiger partial charge in [0.05, 0.1) is 11.6 Å². The van der Waals surface area contributed by atoms with Crippen molar-refractivity contribution in [2.24, 2.45) is 0 Å². The lowest BCUT2D eigenvalue weighted by atomic mass is 10.1. The number of hydrogen-bond donors (Lipinski definition) is 1. The van der Waals surface area contributed by atoms with Crippen molar-refractivity contribution < 1.29 is 14.3 Å². The van der Waals surface area contributed by atoms with Gasteiger partial charge in [-0.1, -0.05) is 12.1 Å². The van der Waals surface area contributed by atoms with Crippen molar-refractivity contribution >= 4 is 12.4 Å². The number of ether oxygens (including phenoxy) is 1. The van der Waals surface area contributed by atoms with Crippen LogP contribution in [0, 0.1) is 11.3 Å². The molecule has 0 fully saturated rings. The van der Waals surface area contributed by atoms with Gasteiger partial charge in [0.15, 0.2) is 0 Å². The number of nitrogens with one attached hydrogen (secondary N) is 1. The molecule has 1 rings (SSSR count). The van der Waals surface area contributed by atoms with Gasteiger partial charge in [0.1, 0.15) is 17.9 Å². The van der Waals surface area contributed by atoms with Crippen LogP contribution in [-0.2, 0) is 9.53 Å². The quantitative estimate of drug-likeness (QED) is 0.846. The van der Waals surface area contributed by atoms with Gasteiger partial charge < -0.3 is 14.8 Å². The highest BCUT2D eigenvalue weighted by molar-refractivity contribution is 5.74. The average molecular weight is 260 g/mol. The van der Waals surface area contributed by atoms with Crippen LogP contribution in [0.5, 0.6) is 0 Å². The second-order valence-electron chi connectivity index (χ2n) is 4.99. The zero-order valence-electron chi connectivity index (χ0n) is 11.1. The highest BCUT2D eigenvalue weighted by Gasteiger charge is 2.20. The molecule has 1 aromatic carbocycles. The molecule has 0 saturated heterocycles. The molecule has 1 aromatic rings. The summed E-state index contributed by atoms with van der Waals surface area (Å²) in [5.41, 5.74) is 0.466. The molecule has 0 aliphatic heterocycles. The molecule has 5 heteroatoms. The van der Waals surface area contributed by atoms with E-state index in [1.807, 2.05) is 6.07 Å². The van der Waals surface area contributed by atoms with Gasteiger partial charge in [-0.3, -0.25) is 0 Å². The maximum absolute atomic E-state index is 11.6. The first-order chi connectivity index (χ1) is 8.85. The van der Waals surface area contributed by atoms with Crippen LogP contribution in [0.3, 0.4) is 0 Å². The SMILES string of the molecule is CC(C)(C)OC(=O)NC(C=O)c1ccc(C#N)cc1. The van der Waals surface area contributed by atoms with Gasteiger partial charge in [0.2, 0.25) is 0 Å². The molecule has 1 unspecified atom stereocenters. The second kappa shape index (κ2) is 6.01. The number of nitriles is 1. The van der Waals surface area contributed by atoms with Crippen molar-refractivity contribution in [1.29, 1.82) is 5.26 Å². The summed E-state index contributed by atoms with van der Waals surface area (Å²) < 4.78 is 5.08. The Morgan fingerprint density at radius 2 is 1.95 bits per heavy atom. The van der Waals surface area contributed by atoms with Gasteiger partial charge in [-0.2, -0.15) is 5.26 Å². The second-order valence-corrected chi connectivity index (χ2v) is 4.99. The largest absolute Gasteiger partial charge is 0.444 e. The summed E-state index contributed by atoms with van der Waals surface area (Å²) in [6.07, 6.45) is -0.0420. The van der Waals surface area contributed by atoms with Crippen LogP contribution in [0.1, 0.15) is 37.9 Å². The Labute approximate surface area is 112 Å². The van der Waals surface area contributed by atoms with E-state index in [1.54, 1.807) is 45.0 Å². The summed E-state index contributed by atoms with van der Waals surface area (Å²) in [5, 5.41) is 11.2. The Balaban J connectivity index is 2.75. The molecule has 0 saturated carbocycles. The zero-order valence-corrected chi connectivity index (χ0v) is 11.1. The summed E-state index contributed by atoms with van der Waals surface area (Å²) >= 11 is 0. The summed E-state index contributed by atoms with van der Waals surface area (Å²) in [7, 11) is 0. The number of alkyl carbamates (subject to hydrolysis) is 1. The van der Waals surface area contributed by atoms with E-state index in [2.05, 4.69) is 5.32 Å². The fraction of sp³-hybridized carbons (Fsp3) is 0.357. The monoisotopic (exact) mass is 260 g/mol. The predicted octanol–water partition coefficient (Wildman–Crippen LogP) is 2.32. The minimum absolute atomic E-state index is 0.491. The first-order valence-electron chi connectivity index (χ1n) is 5.80. The molecule has 0 bridgehead atoms. The molecule has 0 radical (unpaired) electrons. The fourth-order valence-electron chi connectivity index (χ4n) is 1.40. The number of amides is 1. The van der Waals surface area contributed by atoms with Gasteiger partial charge in [-0.05, 0) is 38.5 Å². The van der Waals surface area contributed by atoms with E-state index in [1.165, 1.54) is 0 Å². The van der Waals surface area contributed by atoms with Gasteiger partial charge in [0.25, 0.3) is 0 Å². The molecule has 5 nitrogen and oxygen atoms in total. The lowest BCUT2D eigenvalue weighted by molar-refractivity contribution is -0.109. The number of benzene rings is 1. The Morgan fingerprint density at radius 1 is 1.37 bits per heavy atom. The number of carbonyl (C=O) groups excluding carboxylic acids is 2. The summed E-state index contributed by atoms with van der Waals surface area (Å²) in [4.78, 5) is 22.6. The maximum atomic E-state index is 11.6.